The first-order chi connectivity index (χ1) is 16.1. The van der Waals surface area contributed by atoms with E-state index < -0.39 is 0 Å². The molecule has 5 rings (SSSR count). The van der Waals surface area contributed by atoms with Gasteiger partial charge in [0.1, 0.15) is 24.0 Å². The Labute approximate surface area is 198 Å². The predicted octanol–water partition coefficient (Wildman–Crippen LogP) is 2.04. The van der Waals surface area contributed by atoms with E-state index in [0.29, 0.717) is 36.1 Å². The average Bonchev–Trinajstić information content (AvgIpc) is 3.52. The van der Waals surface area contributed by atoms with Crippen LogP contribution in [0.4, 0.5) is 5.69 Å². The number of benzene rings is 1. The van der Waals surface area contributed by atoms with Crippen LogP contribution in [0, 0.1) is 0 Å². The van der Waals surface area contributed by atoms with E-state index in [9.17, 15) is 0 Å². The van der Waals surface area contributed by atoms with Gasteiger partial charge in [-0.3, -0.25) is 0 Å². The second-order valence-corrected chi connectivity index (χ2v) is 9.53. The van der Waals surface area contributed by atoms with Crippen LogP contribution in [0.25, 0.3) is 0 Å². The number of nitrogens with zero attached hydrogens (tertiary/aromatic N) is 5. The molecular weight excluding hydrogens is 442 g/mol. The van der Waals surface area contributed by atoms with Crippen molar-refractivity contribution in [3.8, 4) is 11.8 Å². The lowest BCUT2D eigenvalue weighted by molar-refractivity contribution is 0.0614. The number of nitrogens with one attached hydrogen (secondary N) is 2. The van der Waals surface area contributed by atoms with Crippen molar-refractivity contribution in [2.75, 3.05) is 32.2 Å². The van der Waals surface area contributed by atoms with E-state index in [1.54, 1.807) is 4.68 Å². The van der Waals surface area contributed by atoms with E-state index in [4.69, 9.17) is 26.4 Å². The smallest absolute Gasteiger partial charge is 0.341 e. The lowest BCUT2D eigenvalue weighted by Crippen LogP contribution is -2.50. The second kappa shape index (κ2) is 9.78. The van der Waals surface area contributed by atoms with Crippen LogP contribution in [0.15, 0.2) is 24.3 Å². The zero-order valence-electron chi connectivity index (χ0n) is 19.0. The Bertz CT molecular complexity index is 965. The summed E-state index contributed by atoms with van der Waals surface area (Å²) in [6, 6.07) is 8.36. The number of tetrazole rings is 1. The maximum absolute atomic E-state index is 6.12. The van der Waals surface area contributed by atoms with E-state index in [1.165, 1.54) is 32.1 Å². The summed E-state index contributed by atoms with van der Waals surface area (Å²) in [5.74, 6) is 0.665. The van der Waals surface area contributed by atoms with Crippen molar-refractivity contribution in [2.24, 2.45) is 0 Å². The molecule has 3 heterocycles. The van der Waals surface area contributed by atoms with Crippen LogP contribution in [-0.2, 0) is 9.47 Å². The van der Waals surface area contributed by atoms with Gasteiger partial charge in [0.15, 0.2) is 5.11 Å². The molecule has 0 amide bonds. The summed E-state index contributed by atoms with van der Waals surface area (Å²) in [4.78, 5) is 2.01. The molecule has 0 unspecified atom stereocenters. The topological polar surface area (TPSA) is 98.6 Å². The fraction of sp³-hybridized carbons (Fsp3) is 0.636. The Morgan fingerprint density at radius 3 is 2.76 bits per heavy atom. The molecule has 11 heteroatoms. The normalized spacial score (nSPS) is 27.2. The molecule has 2 aliphatic heterocycles. The summed E-state index contributed by atoms with van der Waals surface area (Å²) in [6.45, 7) is 0.955. The van der Waals surface area contributed by atoms with Crippen LogP contribution in [-0.4, -0.2) is 76.9 Å². The number of rotatable bonds is 6. The first-order valence-electron chi connectivity index (χ1n) is 11.6. The molecule has 2 aromatic rings. The molecule has 0 bridgehead atoms. The van der Waals surface area contributed by atoms with Gasteiger partial charge in [-0.1, -0.05) is 30.4 Å². The van der Waals surface area contributed by atoms with Gasteiger partial charge in [-0.05, 0) is 47.6 Å². The zero-order valence-corrected chi connectivity index (χ0v) is 19.8. The highest BCUT2D eigenvalue weighted by atomic mass is 32.1. The van der Waals surface area contributed by atoms with Crippen molar-refractivity contribution >= 4 is 23.0 Å². The third-order valence-electron chi connectivity index (χ3n) is 6.60. The van der Waals surface area contributed by atoms with Gasteiger partial charge in [0.05, 0.1) is 19.3 Å². The minimum Gasteiger partial charge on any atom is -0.423 e. The van der Waals surface area contributed by atoms with Gasteiger partial charge in [-0.25, -0.2) is 0 Å². The molecule has 1 aliphatic carbocycles. The quantitative estimate of drug-likeness (QED) is 0.607. The molecule has 2 saturated heterocycles. The van der Waals surface area contributed by atoms with Gasteiger partial charge < -0.3 is 29.7 Å². The number of anilines is 1. The van der Waals surface area contributed by atoms with Crippen molar-refractivity contribution in [2.45, 2.75) is 62.4 Å². The number of hydrogen-bond donors (Lipinski definition) is 2. The highest BCUT2D eigenvalue weighted by Gasteiger charge is 2.50. The Kier molecular flexibility index (Phi) is 6.61. The SMILES string of the molecule is CN(C)c1cccc(Oc2nnnn2[C@H]2CO[C@H]3[C@@H]2OC[C@@H]3NC(=S)NC2CCCCC2)c1. The first kappa shape index (κ1) is 22.3. The second-order valence-electron chi connectivity index (χ2n) is 9.12. The number of hydrogen-bond acceptors (Lipinski definition) is 8. The molecular formula is C22H31N7O3S. The van der Waals surface area contributed by atoms with Gasteiger partial charge >= 0.3 is 6.01 Å². The molecule has 178 valence electrons. The lowest BCUT2D eigenvalue weighted by atomic mass is 9.96. The van der Waals surface area contributed by atoms with E-state index in [-0.39, 0.29) is 24.3 Å². The Morgan fingerprint density at radius 2 is 1.94 bits per heavy atom. The Hall–Kier alpha value is -2.50. The van der Waals surface area contributed by atoms with Crippen molar-refractivity contribution in [1.82, 2.24) is 30.8 Å². The van der Waals surface area contributed by atoms with Crippen LogP contribution < -0.4 is 20.3 Å². The van der Waals surface area contributed by atoms with Crippen LogP contribution in [0.5, 0.6) is 11.8 Å². The molecule has 0 spiro atoms. The minimum absolute atomic E-state index is 0.0128. The van der Waals surface area contributed by atoms with Gasteiger partial charge in [-0.15, -0.1) is 0 Å². The molecule has 1 saturated carbocycles. The number of ether oxygens (including phenoxy) is 3. The molecule has 3 fully saturated rings. The van der Waals surface area contributed by atoms with Gasteiger partial charge in [0.25, 0.3) is 0 Å². The molecule has 4 atom stereocenters. The van der Waals surface area contributed by atoms with Gasteiger partial charge in [0, 0.05) is 31.9 Å². The predicted molar refractivity (Wildman–Crippen MR) is 127 cm³/mol. The van der Waals surface area contributed by atoms with E-state index in [1.807, 2.05) is 43.3 Å². The molecule has 10 nitrogen and oxygen atoms in total. The number of aromatic nitrogens is 4. The molecule has 2 N–H and O–H groups in total. The molecule has 1 aromatic heterocycles. The van der Waals surface area contributed by atoms with Crippen molar-refractivity contribution < 1.29 is 14.2 Å². The van der Waals surface area contributed by atoms with Crippen LogP contribution >= 0.6 is 12.2 Å². The number of fused-ring (bicyclic) bond motifs is 1. The third-order valence-corrected chi connectivity index (χ3v) is 6.84. The lowest BCUT2D eigenvalue weighted by Gasteiger charge is -2.26. The zero-order chi connectivity index (χ0) is 22.8. The van der Waals surface area contributed by atoms with E-state index >= 15 is 0 Å². The molecule has 3 aliphatic rings. The van der Waals surface area contributed by atoms with Crippen LogP contribution in [0.1, 0.15) is 38.1 Å². The molecule has 0 radical (unpaired) electrons. The fourth-order valence-electron chi connectivity index (χ4n) is 4.85. The third kappa shape index (κ3) is 4.90. The summed E-state index contributed by atoms with van der Waals surface area (Å²) >= 11 is 5.57. The van der Waals surface area contributed by atoms with Crippen LogP contribution in [0.2, 0.25) is 0 Å². The maximum Gasteiger partial charge on any atom is 0.341 e. The summed E-state index contributed by atoms with van der Waals surface area (Å²) in [5, 5.41) is 19.6. The van der Waals surface area contributed by atoms with Crippen molar-refractivity contribution in [3.05, 3.63) is 24.3 Å². The highest BCUT2D eigenvalue weighted by molar-refractivity contribution is 7.80. The van der Waals surface area contributed by atoms with Gasteiger partial charge in [0.2, 0.25) is 0 Å². The standard InChI is InChI=1S/C22H31N7O3S/c1-28(2)15-9-6-10-16(11-15)32-22-25-26-27-29(22)18-13-31-19-17(12-30-20(18)19)24-21(33)23-14-7-4-3-5-8-14/h6,9-11,14,17-20H,3-5,7-8,12-13H2,1-2H3,(H2,23,24,33)/t17-,18-,19+,20+/m0/s1. The monoisotopic (exact) mass is 473 g/mol. The highest BCUT2D eigenvalue weighted by Crippen LogP contribution is 2.36. The van der Waals surface area contributed by atoms with Crippen molar-refractivity contribution in [1.29, 1.82) is 0 Å². The first-order valence-corrected chi connectivity index (χ1v) is 12.0. The summed E-state index contributed by atoms with van der Waals surface area (Å²) in [5.41, 5.74) is 1.03. The van der Waals surface area contributed by atoms with Crippen molar-refractivity contribution in [3.63, 3.8) is 0 Å². The molecule has 1 aromatic carbocycles. The Balaban J connectivity index is 1.22. The summed E-state index contributed by atoms with van der Waals surface area (Å²) < 4.78 is 19.9. The minimum atomic E-state index is -0.182. The largest absolute Gasteiger partial charge is 0.423 e. The summed E-state index contributed by atoms with van der Waals surface area (Å²) in [7, 11) is 3.97. The van der Waals surface area contributed by atoms with Gasteiger partial charge in [-0.2, -0.15) is 4.68 Å². The van der Waals surface area contributed by atoms with Crippen LogP contribution in [0.3, 0.4) is 0 Å². The van der Waals surface area contributed by atoms with E-state index in [0.717, 1.165) is 5.69 Å². The average molecular weight is 474 g/mol. The Morgan fingerprint density at radius 1 is 1.12 bits per heavy atom. The summed E-state index contributed by atoms with van der Waals surface area (Å²) in [6.07, 6.45) is 5.88. The number of thiocarbonyl (C=S) groups is 1. The molecule has 33 heavy (non-hydrogen) atoms. The fourth-order valence-corrected chi connectivity index (χ4v) is 5.16. The van der Waals surface area contributed by atoms with E-state index in [2.05, 4.69) is 26.2 Å². The maximum atomic E-state index is 6.12.